The van der Waals surface area contributed by atoms with Crippen molar-refractivity contribution in [3.63, 3.8) is 0 Å². The van der Waals surface area contributed by atoms with E-state index in [2.05, 4.69) is 14.6 Å². The smallest absolute Gasteiger partial charge is 0.492 e. The molecule has 5 rings (SSSR count). The monoisotopic (exact) mass is 695 g/mol. The van der Waals surface area contributed by atoms with Gasteiger partial charge in [-0.1, -0.05) is 30.3 Å². The first kappa shape index (κ1) is 35.8. The van der Waals surface area contributed by atoms with Gasteiger partial charge in [0.05, 0.1) is 23.7 Å². The van der Waals surface area contributed by atoms with Gasteiger partial charge in [-0.2, -0.15) is 13.2 Å². The van der Waals surface area contributed by atoms with Crippen LogP contribution in [0.3, 0.4) is 0 Å². The number of para-hydroxylation sites is 3. The molecule has 3 aromatic carbocycles. The minimum atomic E-state index is -4.99. The van der Waals surface area contributed by atoms with Crippen molar-refractivity contribution in [1.29, 1.82) is 0 Å². The number of likely N-dealkylation sites (N-methyl/N-ethyl adjacent to an activating group) is 1. The Morgan fingerprint density at radius 3 is 2.37 bits per heavy atom. The van der Waals surface area contributed by atoms with Crippen LogP contribution in [0, 0.1) is 5.82 Å². The zero-order valence-corrected chi connectivity index (χ0v) is 26.9. The van der Waals surface area contributed by atoms with Gasteiger partial charge in [-0.3, -0.25) is 4.79 Å². The molecule has 1 saturated heterocycles. The number of amides is 1. The number of nitrogens with zero attached hydrogens (tertiary/aromatic N) is 5. The average Bonchev–Trinajstić information content (AvgIpc) is 3.22. The number of carbonyl (C=O) groups excluding carboxylic acids is 1. The number of methoxy groups -OCH3 is 1. The molecule has 0 saturated carbocycles. The predicted octanol–water partition coefficient (Wildman–Crippen LogP) is 7.10. The van der Waals surface area contributed by atoms with Crippen LogP contribution in [0.4, 0.5) is 36.7 Å². The molecule has 1 amide bonds. The fourth-order valence-corrected chi connectivity index (χ4v) is 6.19. The molecule has 0 bridgehead atoms. The molecule has 49 heavy (non-hydrogen) atoms. The van der Waals surface area contributed by atoms with Crippen molar-refractivity contribution in [2.75, 3.05) is 58.3 Å². The second-order valence-corrected chi connectivity index (χ2v) is 11.9. The first-order chi connectivity index (χ1) is 23.2. The first-order valence-electron chi connectivity index (χ1n) is 15.7. The zero-order chi connectivity index (χ0) is 35.3. The van der Waals surface area contributed by atoms with E-state index in [4.69, 9.17) is 4.74 Å². The van der Waals surface area contributed by atoms with Gasteiger partial charge in [-0.15, -0.1) is 13.2 Å². The highest BCUT2D eigenvalue weighted by Crippen LogP contribution is 2.36. The Bertz CT molecular complexity index is 1730. The largest absolute Gasteiger partial charge is 0.573 e. The summed E-state index contributed by atoms with van der Waals surface area (Å²) < 4.78 is 104. The van der Waals surface area contributed by atoms with E-state index in [1.165, 1.54) is 40.8 Å². The number of ether oxygens (including phenoxy) is 2. The molecule has 0 spiro atoms. The van der Waals surface area contributed by atoms with Gasteiger partial charge in [0.15, 0.2) is 11.5 Å². The molecule has 4 aromatic rings. The molecule has 15 heteroatoms. The molecule has 1 atom stereocenters. The molecule has 1 fully saturated rings. The number of rotatable bonds is 11. The number of fused-ring (bicyclic) bond motifs is 1. The lowest BCUT2D eigenvalue weighted by molar-refractivity contribution is -0.275. The molecule has 8 nitrogen and oxygen atoms in total. The number of aromatic nitrogens is 2. The molecular weight excluding hydrogens is 659 g/mol. The second-order valence-electron chi connectivity index (χ2n) is 11.9. The van der Waals surface area contributed by atoms with Crippen LogP contribution in [-0.2, 0) is 6.54 Å². The minimum absolute atomic E-state index is 0.117. The third-order valence-electron chi connectivity index (χ3n) is 8.46. The normalized spacial score (nSPS) is 15.2. The van der Waals surface area contributed by atoms with Crippen molar-refractivity contribution >= 4 is 22.9 Å². The van der Waals surface area contributed by atoms with Gasteiger partial charge in [-0.05, 0) is 67.9 Å². The molecule has 0 aliphatic carbocycles. The lowest BCUT2D eigenvalue weighted by atomic mass is 9.94. The Labute approximate surface area is 278 Å². The van der Waals surface area contributed by atoms with E-state index in [1.54, 1.807) is 36.4 Å². The standard InChI is InChI=1S/C34H36F7N5O3/c1-43(31(47)26-7-5-10-29(30(26)48-2)49-34(39,40)41)21-24(23-11-13-25(35)14-12-23)15-18-44-16-6-17-45(20-19-44)32-42-27-8-3-4-9-28(27)46(32)22-33(36,37)38/h3-5,7-14,24H,6,15-22H2,1-2H3. The van der Waals surface area contributed by atoms with E-state index >= 15 is 0 Å². The number of anilines is 1. The Kier molecular flexibility index (Phi) is 10.9. The van der Waals surface area contributed by atoms with Crippen molar-refractivity contribution in [3.8, 4) is 11.5 Å². The first-order valence-corrected chi connectivity index (χ1v) is 15.7. The summed E-state index contributed by atoms with van der Waals surface area (Å²) in [5.41, 5.74) is 1.54. The van der Waals surface area contributed by atoms with Gasteiger partial charge in [0.1, 0.15) is 12.4 Å². The van der Waals surface area contributed by atoms with Crippen molar-refractivity contribution in [2.24, 2.45) is 0 Å². The Morgan fingerprint density at radius 1 is 0.939 bits per heavy atom. The van der Waals surface area contributed by atoms with Crippen molar-refractivity contribution < 1.29 is 45.0 Å². The topological polar surface area (TPSA) is 63.1 Å². The number of carbonyl (C=O) groups is 1. The van der Waals surface area contributed by atoms with Gasteiger partial charge >= 0.3 is 12.5 Å². The predicted molar refractivity (Wildman–Crippen MR) is 169 cm³/mol. The van der Waals surface area contributed by atoms with Crippen LogP contribution in [0.1, 0.15) is 34.7 Å². The van der Waals surface area contributed by atoms with Gasteiger partial charge in [-0.25, -0.2) is 9.37 Å². The number of imidazole rings is 1. The zero-order valence-electron chi connectivity index (χ0n) is 26.9. The van der Waals surface area contributed by atoms with E-state index in [1.807, 2.05) is 4.90 Å². The molecule has 1 aliphatic rings. The summed E-state index contributed by atoms with van der Waals surface area (Å²) in [5.74, 6) is -2.04. The maximum Gasteiger partial charge on any atom is 0.573 e. The highest BCUT2D eigenvalue weighted by Gasteiger charge is 2.34. The molecule has 1 aliphatic heterocycles. The van der Waals surface area contributed by atoms with Gasteiger partial charge in [0.2, 0.25) is 5.95 Å². The van der Waals surface area contributed by atoms with E-state index < -0.39 is 36.6 Å². The summed E-state index contributed by atoms with van der Waals surface area (Å²) in [4.78, 5) is 23.5. The van der Waals surface area contributed by atoms with Crippen LogP contribution in [0.15, 0.2) is 66.7 Å². The number of hydrogen-bond acceptors (Lipinski definition) is 6. The molecule has 1 aromatic heterocycles. The summed E-state index contributed by atoms with van der Waals surface area (Å²) in [5, 5.41) is 0. The number of halogens is 7. The lowest BCUT2D eigenvalue weighted by Crippen LogP contribution is -2.35. The Hall–Kier alpha value is -4.53. The van der Waals surface area contributed by atoms with Crippen molar-refractivity contribution in [2.45, 2.75) is 37.8 Å². The number of benzene rings is 3. The maximum atomic E-state index is 13.8. The van der Waals surface area contributed by atoms with Crippen LogP contribution in [0.5, 0.6) is 11.5 Å². The third kappa shape index (κ3) is 9.13. The maximum absolute atomic E-state index is 13.8. The quantitative estimate of drug-likeness (QED) is 0.156. The van der Waals surface area contributed by atoms with E-state index in [0.29, 0.717) is 56.6 Å². The average molecular weight is 696 g/mol. The fraction of sp³-hybridized carbons (Fsp3) is 0.412. The minimum Gasteiger partial charge on any atom is -0.492 e. The summed E-state index contributed by atoms with van der Waals surface area (Å²) in [6.07, 6.45) is -8.21. The number of hydrogen-bond donors (Lipinski definition) is 0. The fourth-order valence-electron chi connectivity index (χ4n) is 6.19. The highest BCUT2D eigenvalue weighted by atomic mass is 19.4. The molecule has 2 heterocycles. The van der Waals surface area contributed by atoms with Crippen LogP contribution >= 0.6 is 0 Å². The summed E-state index contributed by atoms with van der Waals surface area (Å²) in [7, 11) is 2.66. The molecule has 264 valence electrons. The van der Waals surface area contributed by atoms with Gasteiger partial charge < -0.3 is 28.7 Å². The van der Waals surface area contributed by atoms with Crippen LogP contribution < -0.4 is 14.4 Å². The van der Waals surface area contributed by atoms with Gasteiger partial charge in [0, 0.05) is 39.1 Å². The summed E-state index contributed by atoms with van der Waals surface area (Å²) in [6.45, 7) is 1.73. The Balaban J connectivity index is 1.29. The highest BCUT2D eigenvalue weighted by molar-refractivity contribution is 5.97. The van der Waals surface area contributed by atoms with Crippen LogP contribution in [-0.4, -0.2) is 91.2 Å². The molecule has 0 N–H and O–H groups in total. The lowest BCUT2D eigenvalue weighted by Gasteiger charge is -2.28. The van der Waals surface area contributed by atoms with E-state index in [-0.39, 0.29) is 29.7 Å². The van der Waals surface area contributed by atoms with Crippen LogP contribution in [0.2, 0.25) is 0 Å². The van der Waals surface area contributed by atoms with E-state index in [9.17, 15) is 35.5 Å². The summed E-state index contributed by atoms with van der Waals surface area (Å²) in [6, 6.07) is 16.3. The summed E-state index contributed by atoms with van der Waals surface area (Å²) >= 11 is 0. The van der Waals surface area contributed by atoms with Crippen molar-refractivity contribution in [3.05, 3.63) is 83.7 Å². The number of alkyl halides is 6. The van der Waals surface area contributed by atoms with Gasteiger partial charge in [0.25, 0.3) is 5.91 Å². The SMILES string of the molecule is COc1c(OC(F)(F)F)cccc1C(=O)N(C)CC(CCN1CCCN(c2nc3ccccc3n2CC(F)(F)F)CC1)c1ccc(F)cc1. The second kappa shape index (κ2) is 14.9. The van der Waals surface area contributed by atoms with Crippen LogP contribution in [0.25, 0.3) is 11.0 Å². The third-order valence-corrected chi connectivity index (χ3v) is 8.46. The molecular formula is C34H36F7N5O3. The molecule has 1 unspecified atom stereocenters. The molecule has 0 radical (unpaired) electrons. The Morgan fingerprint density at radius 2 is 1.67 bits per heavy atom. The van der Waals surface area contributed by atoms with E-state index in [0.717, 1.165) is 18.7 Å². The van der Waals surface area contributed by atoms with Crippen molar-refractivity contribution in [1.82, 2.24) is 19.4 Å².